The van der Waals surface area contributed by atoms with Gasteiger partial charge in [-0.25, -0.2) is 4.98 Å². The fraction of sp³-hybridized carbons (Fsp3) is 0.462. The zero-order valence-corrected chi connectivity index (χ0v) is 13.2. The molecule has 1 fully saturated rings. The fourth-order valence-corrected chi connectivity index (χ4v) is 2.91. The Labute approximate surface area is 136 Å². The minimum atomic E-state index is -0.783. The third-order valence-corrected chi connectivity index (χ3v) is 4.78. The van der Waals surface area contributed by atoms with E-state index >= 15 is 0 Å². The Hall–Kier alpha value is -1.04. The van der Waals surface area contributed by atoms with Crippen molar-refractivity contribution < 1.29 is 14.7 Å². The molecule has 0 aromatic carbocycles. The van der Waals surface area contributed by atoms with Crippen molar-refractivity contribution in [2.45, 2.75) is 31.7 Å². The Morgan fingerprint density at radius 3 is 2.33 bits per heavy atom. The lowest BCUT2D eigenvalue weighted by Gasteiger charge is -2.26. The average molecular weight is 352 g/mol. The molecule has 0 aliphatic heterocycles. The van der Waals surface area contributed by atoms with Gasteiger partial charge in [0.15, 0.2) is 0 Å². The number of pyridine rings is 1. The maximum Gasteiger partial charge on any atom is 0.306 e. The van der Waals surface area contributed by atoms with Crippen LogP contribution >= 0.6 is 34.8 Å². The highest BCUT2D eigenvalue weighted by Crippen LogP contribution is 2.31. The van der Waals surface area contributed by atoms with Gasteiger partial charge in [0, 0.05) is 12.2 Å². The molecule has 1 aromatic heterocycles. The van der Waals surface area contributed by atoms with Crippen molar-refractivity contribution in [3.05, 3.63) is 27.0 Å². The largest absolute Gasteiger partial charge is 0.481 e. The Kier molecular flexibility index (Phi) is 5.30. The first-order valence-electron chi connectivity index (χ1n) is 6.43. The smallest absolute Gasteiger partial charge is 0.306 e. The number of nitrogens with one attached hydrogen (secondary N) is 1. The number of nitrogens with zero attached hydrogens (tertiary/aromatic N) is 1. The van der Waals surface area contributed by atoms with Gasteiger partial charge >= 0.3 is 5.97 Å². The number of aromatic nitrogens is 1. The van der Waals surface area contributed by atoms with Gasteiger partial charge < -0.3 is 10.4 Å². The van der Waals surface area contributed by atoms with E-state index in [1.165, 1.54) is 6.20 Å². The standard InChI is InChI=1S/C13H13Cl3N2O3/c14-8-5-17-11(10(16)9(8)15)12(19)18-7-3-1-6(2-4-7)13(20)21/h5-7H,1-4H2,(H,18,19)(H,20,21). The van der Waals surface area contributed by atoms with Gasteiger partial charge in [-0.3, -0.25) is 9.59 Å². The van der Waals surface area contributed by atoms with Crippen LogP contribution in [0, 0.1) is 5.92 Å². The third kappa shape index (κ3) is 3.78. The van der Waals surface area contributed by atoms with Crippen LogP contribution in [0.25, 0.3) is 0 Å². The first kappa shape index (κ1) is 16.3. The Bertz CT molecular complexity index is 572. The van der Waals surface area contributed by atoms with Gasteiger partial charge in [-0.1, -0.05) is 34.8 Å². The van der Waals surface area contributed by atoms with Crippen LogP contribution in [-0.2, 0) is 4.79 Å². The van der Waals surface area contributed by atoms with Gasteiger partial charge in [0.2, 0.25) is 0 Å². The second-order valence-electron chi connectivity index (χ2n) is 4.94. The third-order valence-electron chi connectivity index (χ3n) is 3.54. The van der Waals surface area contributed by atoms with E-state index < -0.39 is 11.9 Å². The van der Waals surface area contributed by atoms with E-state index in [2.05, 4.69) is 10.3 Å². The first-order chi connectivity index (χ1) is 9.90. The number of rotatable bonds is 3. The molecule has 1 heterocycles. The molecule has 21 heavy (non-hydrogen) atoms. The van der Waals surface area contributed by atoms with Crippen molar-refractivity contribution in [1.29, 1.82) is 0 Å². The summed E-state index contributed by atoms with van der Waals surface area (Å²) in [6.45, 7) is 0. The average Bonchev–Trinajstić information content (AvgIpc) is 2.45. The summed E-state index contributed by atoms with van der Waals surface area (Å²) in [6, 6.07) is -0.0829. The van der Waals surface area contributed by atoms with E-state index in [-0.39, 0.29) is 32.7 Å². The quantitative estimate of drug-likeness (QED) is 0.874. The van der Waals surface area contributed by atoms with Crippen molar-refractivity contribution in [3.8, 4) is 0 Å². The molecule has 0 unspecified atom stereocenters. The molecular formula is C13H13Cl3N2O3. The van der Waals surface area contributed by atoms with Gasteiger partial charge in [-0.15, -0.1) is 0 Å². The Balaban J connectivity index is 2.00. The summed E-state index contributed by atoms with van der Waals surface area (Å²) in [7, 11) is 0. The highest BCUT2D eigenvalue weighted by atomic mass is 35.5. The van der Waals surface area contributed by atoms with E-state index in [0.29, 0.717) is 25.7 Å². The number of carbonyl (C=O) groups is 2. The number of carboxylic acid groups (broad SMARTS) is 1. The van der Waals surface area contributed by atoms with Crippen molar-refractivity contribution in [1.82, 2.24) is 10.3 Å². The van der Waals surface area contributed by atoms with E-state index in [1.807, 2.05) is 0 Å². The summed E-state index contributed by atoms with van der Waals surface area (Å²) in [4.78, 5) is 26.9. The van der Waals surface area contributed by atoms with Crippen LogP contribution in [0.4, 0.5) is 0 Å². The molecule has 2 N–H and O–H groups in total. The molecule has 0 atom stereocenters. The molecule has 0 radical (unpaired) electrons. The van der Waals surface area contributed by atoms with Crippen molar-refractivity contribution in [2.24, 2.45) is 5.92 Å². The molecule has 0 bridgehead atoms. The molecule has 1 amide bonds. The van der Waals surface area contributed by atoms with Crippen molar-refractivity contribution in [3.63, 3.8) is 0 Å². The second kappa shape index (κ2) is 6.81. The first-order valence-corrected chi connectivity index (χ1v) is 7.56. The van der Waals surface area contributed by atoms with Gasteiger partial charge in [0.05, 0.1) is 21.0 Å². The van der Waals surface area contributed by atoms with Gasteiger partial charge in [0.1, 0.15) is 5.69 Å². The molecule has 114 valence electrons. The van der Waals surface area contributed by atoms with Crippen LogP contribution in [0.5, 0.6) is 0 Å². The summed E-state index contributed by atoms with van der Waals surface area (Å²) < 4.78 is 0. The molecule has 1 aliphatic rings. The van der Waals surface area contributed by atoms with Crippen LogP contribution in [0.1, 0.15) is 36.2 Å². The number of hydrogen-bond acceptors (Lipinski definition) is 3. The van der Waals surface area contributed by atoms with Crippen LogP contribution in [-0.4, -0.2) is 28.0 Å². The molecule has 5 nitrogen and oxygen atoms in total. The number of carboxylic acids is 1. The lowest BCUT2D eigenvalue weighted by molar-refractivity contribution is -0.142. The summed E-state index contributed by atoms with van der Waals surface area (Å²) in [6.07, 6.45) is 3.58. The Morgan fingerprint density at radius 2 is 1.76 bits per heavy atom. The SMILES string of the molecule is O=C(NC1CCC(C(=O)O)CC1)c1ncc(Cl)c(Cl)c1Cl. The lowest BCUT2D eigenvalue weighted by Crippen LogP contribution is -2.39. The molecule has 0 spiro atoms. The number of aliphatic carboxylic acids is 1. The van der Waals surface area contributed by atoms with Gasteiger partial charge in [0.25, 0.3) is 5.91 Å². The highest BCUT2D eigenvalue weighted by Gasteiger charge is 2.28. The summed E-state index contributed by atoms with van der Waals surface area (Å²) in [5.74, 6) is -1.55. The van der Waals surface area contributed by atoms with E-state index in [4.69, 9.17) is 39.9 Å². The summed E-state index contributed by atoms with van der Waals surface area (Å²) in [5, 5.41) is 12.0. The number of carbonyl (C=O) groups excluding carboxylic acids is 1. The Morgan fingerprint density at radius 1 is 1.14 bits per heavy atom. The number of halogens is 3. The van der Waals surface area contributed by atoms with Gasteiger partial charge in [-0.05, 0) is 25.7 Å². The summed E-state index contributed by atoms with van der Waals surface area (Å²) >= 11 is 17.6. The van der Waals surface area contributed by atoms with E-state index in [9.17, 15) is 9.59 Å². The van der Waals surface area contributed by atoms with Crippen LogP contribution in [0.15, 0.2) is 6.20 Å². The minimum absolute atomic E-state index is 0.0147. The normalized spacial score (nSPS) is 21.9. The van der Waals surface area contributed by atoms with Crippen LogP contribution in [0.3, 0.4) is 0 Å². The maximum absolute atomic E-state index is 12.1. The zero-order chi connectivity index (χ0) is 15.6. The fourth-order valence-electron chi connectivity index (χ4n) is 2.34. The predicted octanol–water partition coefficient (Wildman–Crippen LogP) is 3.42. The molecule has 8 heteroatoms. The highest BCUT2D eigenvalue weighted by molar-refractivity contribution is 6.48. The molecule has 1 saturated carbocycles. The lowest BCUT2D eigenvalue weighted by atomic mass is 9.86. The van der Waals surface area contributed by atoms with Crippen LogP contribution in [0.2, 0.25) is 15.1 Å². The van der Waals surface area contributed by atoms with Crippen molar-refractivity contribution in [2.75, 3.05) is 0 Å². The summed E-state index contributed by atoms with van der Waals surface area (Å²) in [5.41, 5.74) is 0.0198. The molecule has 0 saturated heterocycles. The number of hydrogen-bond donors (Lipinski definition) is 2. The monoisotopic (exact) mass is 350 g/mol. The molecule has 1 aromatic rings. The number of amides is 1. The molecule has 1 aliphatic carbocycles. The zero-order valence-electron chi connectivity index (χ0n) is 10.9. The van der Waals surface area contributed by atoms with E-state index in [0.717, 1.165) is 0 Å². The molecule has 2 rings (SSSR count). The van der Waals surface area contributed by atoms with Gasteiger partial charge in [-0.2, -0.15) is 0 Å². The van der Waals surface area contributed by atoms with Crippen molar-refractivity contribution >= 4 is 46.7 Å². The van der Waals surface area contributed by atoms with Crippen LogP contribution < -0.4 is 5.32 Å². The minimum Gasteiger partial charge on any atom is -0.481 e. The predicted molar refractivity (Wildman–Crippen MR) is 80.1 cm³/mol. The van der Waals surface area contributed by atoms with E-state index in [1.54, 1.807) is 0 Å². The maximum atomic E-state index is 12.1. The second-order valence-corrected chi connectivity index (χ2v) is 6.11. The topological polar surface area (TPSA) is 79.3 Å². The molecular weight excluding hydrogens is 339 g/mol.